The third-order valence-electron chi connectivity index (χ3n) is 3.55. The van der Waals surface area contributed by atoms with E-state index in [0.717, 1.165) is 4.88 Å². The lowest BCUT2D eigenvalue weighted by Crippen LogP contribution is -2.48. The van der Waals surface area contributed by atoms with E-state index in [1.807, 2.05) is 13.0 Å². The van der Waals surface area contributed by atoms with Gasteiger partial charge in [-0.1, -0.05) is 11.6 Å². The molecule has 2 heterocycles. The lowest BCUT2D eigenvalue weighted by Gasteiger charge is -2.27. The molecule has 1 fully saturated rings. The number of carbonyl (C=O) groups excluding carboxylic acids is 1. The van der Waals surface area contributed by atoms with E-state index >= 15 is 0 Å². The van der Waals surface area contributed by atoms with Crippen LogP contribution < -0.4 is 5.32 Å². The molecule has 1 aromatic heterocycles. The first-order valence-corrected chi connectivity index (χ1v) is 7.68. The maximum Gasteiger partial charge on any atom is 0.317 e. The van der Waals surface area contributed by atoms with Gasteiger partial charge >= 0.3 is 12.0 Å². The summed E-state index contributed by atoms with van der Waals surface area (Å²) in [7, 11) is 1.58. The summed E-state index contributed by atoms with van der Waals surface area (Å²) in [6.07, 6.45) is 0. The van der Waals surface area contributed by atoms with Gasteiger partial charge in [-0.3, -0.25) is 4.79 Å². The van der Waals surface area contributed by atoms with E-state index in [0.29, 0.717) is 4.34 Å². The molecule has 0 aromatic carbocycles. The Bertz CT molecular complexity index is 536. The first-order chi connectivity index (χ1) is 9.90. The molecule has 3 unspecified atom stereocenters. The molecule has 6 nitrogen and oxygen atoms in total. The number of carbonyl (C=O) groups is 2. The quantitative estimate of drug-likeness (QED) is 0.886. The Balaban J connectivity index is 1.97. The number of nitrogens with zero attached hydrogens (tertiary/aromatic N) is 1. The molecule has 0 bridgehead atoms. The van der Waals surface area contributed by atoms with Crippen molar-refractivity contribution in [2.75, 3.05) is 20.3 Å². The zero-order valence-electron chi connectivity index (χ0n) is 11.7. The second-order valence-electron chi connectivity index (χ2n) is 4.97. The highest BCUT2D eigenvalue weighted by Gasteiger charge is 2.38. The number of halogens is 1. The standard InChI is InChI=1S/C13H17ClN2O4S/c1-7(10-3-4-11(14)21-10)15-13(19)16(2)9-6-20-5-8(9)12(17)18/h3-4,7-9H,5-6H2,1-2H3,(H,15,19)(H,17,18). The number of carboxylic acids is 1. The summed E-state index contributed by atoms with van der Waals surface area (Å²) in [6.45, 7) is 2.22. The van der Waals surface area contributed by atoms with E-state index in [2.05, 4.69) is 5.32 Å². The molecule has 0 saturated carbocycles. The average Bonchev–Trinajstić information content (AvgIpc) is 3.05. The molecule has 0 radical (unpaired) electrons. The van der Waals surface area contributed by atoms with Crippen LogP contribution in [-0.4, -0.2) is 48.3 Å². The van der Waals surface area contributed by atoms with Gasteiger partial charge in [0.05, 0.1) is 29.6 Å². The maximum absolute atomic E-state index is 12.2. The van der Waals surface area contributed by atoms with Gasteiger partial charge in [-0.05, 0) is 19.1 Å². The smallest absolute Gasteiger partial charge is 0.317 e. The molecule has 0 aliphatic carbocycles. The summed E-state index contributed by atoms with van der Waals surface area (Å²) in [5.74, 6) is -1.64. The van der Waals surface area contributed by atoms with Crippen LogP contribution >= 0.6 is 22.9 Å². The summed E-state index contributed by atoms with van der Waals surface area (Å²) < 4.78 is 5.84. The molecule has 1 aliphatic rings. The zero-order valence-corrected chi connectivity index (χ0v) is 13.3. The lowest BCUT2D eigenvalue weighted by atomic mass is 10.0. The maximum atomic E-state index is 12.2. The minimum Gasteiger partial charge on any atom is -0.481 e. The molecule has 8 heteroatoms. The van der Waals surface area contributed by atoms with Crippen LogP contribution in [0.5, 0.6) is 0 Å². The van der Waals surface area contributed by atoms with Crippen molar-refractivity contribution in [3.05, 3.63) is 21.3 Å². The van der Waals surface area contributed by atoms with Crippen molar-refractivity contribution < 1.29 is 19.4 Å². The van der Waals surface area contributed by atoms with Gasteiger partial charge in [0.15, 0.2) is 0 Å². The fraction of sp³-hybridized carbons (Fsp3) is 0.538. The van der Waals surface area contributed by atoms with Gasteiger partial charge in [0.2, 0.25) is 0 Å². The minimum absolute atomic E-state index is 0.133. The minimum atomic E-state index is -0.949. The van der Waals surface area contributed by atoms with E-state index in [1.165, 1.54) is 16.2 Å². The molecule has 1 aromatic rings. The largest absolute Gasteiger partial charge is 0.481 e. The molecular weight excluding hydrogens is 316 g/mol. The second-order valence-corrected chi connectivity index (χ2v) is 6.72. The summed E-state index contributed by atoms with van der Waals surface area (Å²) in [6, 6.07) is 2.66. The number of amides is 2. The van der Waals surface area contributed by atoms with E-state index in [-0.39, 0.29) is 25.3 Å². The van der Waals surface area contributed by atoms with E-state index < -0.39 is 17.9 Å². The second kappa shape index (κ2) is 6.64. The number of rotatable bonds is 4. The molecule has 116 valence electrons. The van der Waals surface area contributed by atoms with Crippen molar-refractivity contribution in [3.8, 4) is 0 Å². The fourth-order valence-corrected chi connectivity index (χ4v) is 3.29. The fourth-order valence-electron chi connectivity index (χ4n) is 2.23. The van der Waals surface area contributed by atoms with Crippen molar-refractivity contribution in [2.45, 2.75) is 19.0 Å². The van der Waals surface area contributed by atoms with Crippen LogP contribution in [0.1, 0.15) is 17.8 Å². The zero-order chi connectivity index (χ0) is 15.6. The highest BCUT2D eigenvalue weighted by Crippen LogP contribution is 2.27. The molecule has 3 atom stereocenters. The Kier molecular flexibility index (Phi) is 5.08. The van der Waals surface area contributed by atoms with Crippen LogP contribution in [0.3, 0.4) is 0 Å². The molecular formula is C13H17ClN2O4S. The summed E-state index contributed by atoms with van der Waals surface area (Å²) in [5, 5.41) is 12.0. The molecule has 21 heavy (non-hydrogen) atoms. The summed E-state index contributed by atoms with van der Waals surface area (Å²) in [5.41, 5.74) is 0. The van der Waals surface area contributed by atoms with Crippen molar-refractivity contribution >= 4 is 34.9 Å². The number of likely N-dealkylation sites (N-methyl/N-ethyl adjacent to an activating group) is 1. The Morgan fingerprint density at radius 1 is 1.52 bits per heavy atom. The molecule has 2 amide bonds. The normalized spacial score (nSPS) is 22.8. The van der Waals surface area contributed by atoms with Crippen molar-refractivity contribution in [3.63, 3.8) is 0 Å². The van der Waals surface area contributed by atoms with Gasteiger partial charge in [-0.15, -0.1) is 11.3 Å². The van der Waals surface area contributed by atoms with Gasteiger partial charge in [0.1, 0.15) is 5.92 Å². The predicted molar refractivity (Wildman–Crippen MR) is 79.8 cm³/mol. The van der Waals surface area contributed by atoms with Crippen LogP contribution in [0.15, 0.2) is 12.1 Å². The topological polar surface area (TPSA) is 78.9 Å². The summed E-state index contributed by atoms with van der Waals surface area (Å²) in [4.78, 5) is 25.7. The Hall–Kier alpha value is -1.31. The third-order valence-corrected chi connectivity index (χ3v) is 4.96. The van der Waals surface area contributed by atoms with Crippen LogP contribution in [0.4, 0.5) is 4.79 Å². The number of hydrogen-bond donors (Lipinski definition) is 2. The molecule has 2 N–H and O–H groups in total. The summed E-state index contributed by atoms with van der Waals surface area (Å²) >= 11 is 7.28. The number of nitrogens with one attached hydrogen (secondary N) is 1. The molecule has 0 spiro atoms. The number of ether oxygens (including phenoxy) is 1. The van der Waals surface area contributed by atoms with E-state index in [4.69, 9.17) is 21.4 Å². The first kappa shape index (κ1) is 16.1. The van der Waals surface area contributed by atoms with Crippen LogP contribution in [-0.2, 0) is 9.53 Å². The Morgan fingerprint density at radius 2 is 2.24 bits per heavy atom. The third kappa shape index (κ3) is 3.66. The lowest BCUT2D eigenvalue weighted by molar-refractivity contribution is -0.142. The highest BCUT2D eigenvalue weighted by molar-refractivity contribution is 7.16. The number of thiophene rings is 1. The van der Waals surface area contributed by atoms with Gasteiger partial charge in [0, 0.05) is 11.9 Å². The average molecular weight is 333 g/mol. The van der Waals surface area contributed by atoms with Crippen molar-refractivity contribution in [1.82, 2.24) is 10.2 Å². The van der Waals surface area contributed by atoms with E-state index in [9.17, 15) is 9.59 Å². The van der Waals surface area contributed by atoms with Crippen LogP contribution in [0.2, 0.25) is 4.34 Å². The number of carboxylic acid groups (broad SMARTS) is 1. The van der Waals surface area contributed by atoms with Crippen molar-refractivity contribution in [2.24, 2.45) is 5.92 Å². The predicted octanol–water partition coefficient (Wildman–Crippen LogP) is 2.20. The molecule has 1 saturated heterocycles. The van der Waals surface area contributed by atoms with Gasteiger partial charge in [0.25, 0.3) is 0 Å². The molecule has 2 rings (SSSR count). The molecule has 1 aliphatic heterocycles. The van der Waals surface area contributed by atoms with E-state index in [1.54, 1.807) is 13.1 Å². The number of hydrogen-bond acceptors (Lipinski definition) is 4. The monoisotopic (exact) mass is 332 g/mol. The Labute approximate surface area is 131 Å². The van der Waals surface area contributed by atoms with Gasteiger partial charge in [-0.2, -0.15) is 0 Å². The Morgan fingerprint density at radius 3 is 2.81 bits per heavy atom. The first-order valence-electron chi connectivity index (χ1n) is 6.49. The highest BCUT2D eigenvalue weighted by atomic mass is 35.5. The van der Waals surface area contributed by atoms with Crippen molar-refractivity contribution in [1.29, 1.82) is 0 Å². The number of urea groups is 1. The SMILES string of the molecule is CC(NC(=O)N(C)C1COCC1C(=O)O)c1ccc(Cl)s1. The van der Waals surface area contributed by atoms with Gasteiger partial charge in [-0.25, -0.2) is 4.79 Å². The number of aliphatic carboxylic acids is 1. The van der Waals surface area contributed by atoms with Gasteiger partial charge < -0.3 is 20.1 Å². The van der Waals surface area contributed by atoms with Crippen LogP contribution in [0.25, 0.3) is 0 Å². The van der Waals surface area contributed by atoms with Crippen LogP contribution in [0, 0.1) is 5.92 Å².